The first kappa shape index (κ1) is 13.3. The van der Waals surface area contributed by atoms with E-state index in [2.05, 4.69) is 14.7 Å². The fraction of sp³-hybridized carbons (Fsp3) is 1.00. The van der Waals surface area contributed by atoms with E-state index >= 15 is 0 Å². The molecule has 0 aromatic carbocycles. The van der Waals surface area contributed by atoms with Crippen LogP contribution in [-0.4, -0.2) is 27.3 Å². The molecule has 1 rings (SSSR count). The molecule has 1 aliphatic rings. The topological polar surface area (TPSA) is 94.9 Å². The molecule has 1 fully saturated rings. The van der Waals surface area contributed by atoms with Crippen molar-refractivity contribution in [2.24, 2.45) is 11.0 Å². The van der Waals surface area contributed by atoms with Gasteiger partial charge in [0.25, 0.3) is 0 Å². The summed E-state index contributed by atoms with van der Waals surface area (Å²) >= 11 is 0. The van der Waals surface area contributed by atoms with Gasteiger partial charge in [-0.1, -0.05) is 24.4 Å². The van der Waals surface area contributed by atoms with Crippen molar-refractivity contribution in [3.63, 3.8) is 0 Å². The molecule has 16 heavy (non-hydrogen) atoms. The van der Waals surface area contributed by atoms with Crippen LogP contribution in [0, 0.1) is 5.92 Å². The van der Waals surface area contributed by atoms with Crippen molar-refractivity contribution in [2.75, 3.05) is 18.8 Å². The second kappa shape index (κ2) is 6.73. The number of hydrogen-bond donors (Lipinski definition) is 1. The van der Waals surface area contributed by atoms with Gasteiger partial charge in [-0.3, -0.25) is 0 Å². The van der Waals surface area contributed by atoms with Gasteiger partial charge in [0.2, 0.25) is 10.0 Å². The number of azide groups is 1. The Labute approximate surface area is 96.1 Å². The summed E-state index contributed by atoms with van der Waals surface area (Å²) in [6.07, 6.45) is 5.52. The summed E-state index contributed by atoms with van der Waals surface area (Å²) in [6, 6.07) is 0. The molecule has 0 radical (unpaired) electrons. The van der Waals surface area contributed by atoms with Gasteiger partial charge in [0.1, 0.15) is 0 Å². The number of nitrogens with one attached hydrogen (secondary N) is 1. The van der Waals surface area contributed by atoms with Gasteiger partial charge in [-0.2, -0.15) is 0 Å². The van der Waals surface area contributed by atoms with E-state index in [1.807, 2.05) is 0 Å². The van der Waals surface area contributed by atoms with E-state index < -0.39 is 10.0 Å². The highest BCUT2D eigenvalue weighted by Crippen LogP contribution is 2.24. The van der Waals surface area contributed by atoms with Gasteiger partial charge in [-0.05, 0) is 24.3 Å². The van der Waals surface area contributed by atoms with Crippen LogP contribution in [-0.2, 0) is 10.0 Å². The first-order valence-electron chi connectivity index (χ1n) is 5.62. The van der Waals surface area contributed by atoms with Crippen molar-refractivity contribution in [3.05, 3.63) is 10.4 Å². The molecule has 1 saturated carbocycles. The number of sulfonamides is 1. The Hall–Kier alpha value is -0.780. The van der Waals surface area contributed by atoms with Gasteiger partial charge in [0.05, 0.1) is 5.75 Å². The molecule has 0 aliphatic heterocycles. The lowest BCUT2D eigenvalue weighted by Gasteiger charge is -2.21. The van der Waals surface area contributed by atoms with Crippen molar-refractivity contribution in [1.82, 2.24) is 4.72 Å². The maximum atomic E-state index is 11.6. The van der Waals surface area contributed by atoms with Gasteiger partial charge in [0.15, 0.2) is 0 Å². The average molecular weight is 246 g/mol. The maximum absolute atomic E-state index is 11.6. The summed E-state index contributed by atoms with van der Waals surface area (Å²) in [6.45, 7) is 0.361. The zero-order valence-corrected chi connectivity index (χ0v) is 10.1. The highest BCUT2D eigenvalue weighted by molar-refractivity contribution is 7.89. The van der Waals surface area contributed by atoms with E-state index in [1.165, 1.54) is 6.42 Å². The largest absolute Gasteiger partial charge is 0.215 e. The minimum atomic E-state index is -3.19. The highest BCUT2D eigenvalue weighted by atomic mass is 32.2. The minimum absolute atomic E-state index is 0.167. The second-order valence-electron chi connectivity index (χ2n) is 4.13. The van der Waals surface area contributed by atoms with Gasteiger partial charge < -0.3 is 0 Å². The Balaban J connectivity index is 2.29. The summed E-state index contributed by atoms with van der Waals surface area (Å²) < 4.78 is 25.7. The van der Waals surface area contributed by atoms with E-state index in [9.17, 15) is 8.42 Å². The Morgan fingerprint density at radius 2 is 2.00 bits per heavy atom. The average Bonchev–Trinajstić information content (AvgIpc) is 2.25. The van der Waals surface area contributed by atoms with Crippen LogP contribution in [0.25, 0.3) is 10.4 Å². The van der Waals surface area contributed by atoms with Gasteiger partial charge >= 0.3 is 0 Å². The fourth-order valence-corrected chi connectivity index (χ4v) is 3.49. The van der Waals surface area contributed by atoms with Crippen molar-refractivity contribution >= 4 is 10.0 Å². The normalized spacial score (nSPS) is 18.0. The van der Waals surface area contributed by atoms with Gasteiger partial charge in [-0.15, -0.1) is 0 Å². The zero-order valence-electron chi connectivity index (χ0n) is 9.30. The van der Waals surface area contributed by atoms with E-state index in [0.717, 1.165) is 25.7 Å². The summed E-state index contributed by atoms with van der Waals surface area (Å²) in [5.41, 5.74) is 8.04. The van der Waals surface area contributed by atoms with Crippen molar-refractivity contribution < 1.29 is 8.42 Å². The number of hydrogen-bond acceptors (Lipinski definition) is 3. The Morgan fingerprint density at radius 1 is 1.31 bits per heavy atom. The van der Waals surface area contributed by atoms with Crippen LogP contribution in [0.4, 0.5) is 0 Å². The minimum Gasteiger partial charge on any atom is -0.215 e. The van der Waals surface area contributed by atoms with E-state index in [4.69, 9.17) is 5.53 Å². The fourth-order valence-electron chi connectivity index (χ4n) is 2.02. The van der Waals surface area contributed by atoms with Crippen molar-refractivity contribution in [3.8, 4) is 0 Å². The third kappa shape index (κ3) is 5.34. The van der Waals surface area contributed by atoms with E-state index in [-0.39, 0.29) is 18.8 Å². The summed E-state index contributed by atoms with van der Waals surface area (Å²) in [5.74, 6) is 0.509. The standard InChI is InChI=1S/C9H18N4O2S/c10-13-11-6-7-12-16(14,15)8-9-4-2-1-3-5-9/h9,12H,1-8H2. The Bertz CT molecular complexity index is 343. The zero-order chi connectivity index (χ0) is 11.9. The first-order valence-corrected chi connectivity index (χ1v) is 7.27. The van der Waals surface area contributed by atoms with Crippen LogP contribution < -0.4 is 4.72 Å². The van der Waals surface area contributed by atoms with Crippen LogP contribution in [0.15, 0.2) is 5.11 Å². The Morgan fingerprint density at radius 3 is 2.62 bits per heavy atom. The molecule has 0 aromatic rings. The Kier molecular flexibility index (Phi) is 5.59. The molecule has 7 heteroatoms. The van der Waals surface area contributed by atoms with E-state index in [0.29, 0.717) is 5.92 Å². The highest BCUT2D eigenvalue weighted by Gasteiger charge is 2.20. The summed E-state index contributed by atoms with van der Waals surface area (Å²) in [5, 5.41) is 3.28. The molecule has 1 aliphatic carbocycles. The lowest BCUT2D eigenvalue weighted by molar-refractivity contribution is 0.384. The molecule has 0 saturated heterocycles. The predicted molar refractivity (Wildman–Crippen MR) is 62.4 cm³/mol. The molecule has 0 heterocycles. The molecule has 92 valence electrons. The quantitative estimate of drug-likeness (QED) is 0.335. The second-order valence-corrected chi connectivity index (χ2v) is 5.99. The van der Waals surface area contributed by atoms with Crippen LogP contribution in [0.2, 0.25) is 0 Å². The SMILES string of the molecule is [N-]=[N+]=NCCNS(=O)(=O)CC1CCCCC1. The predicted octanol–water partition coefficient (Wildman–Crippen LogP) is 1.80. The molecular weight excluding hydrogens is 228 g/mol. The van der Waals surface area contributed by atoms with Crippen LogP contribution in [0.5, 0.6) is 0 Å². The first-order chi connectivity index (χ1) is 7.64. The lowest BCUT2D eigenvalue weighted by atomic mass is 9.91. The van der Waals surface area contributed by atoms with Crippen LogP contribution in [0.3, 0.4) is 0 Å². The molecule has 1 N–H and O–H groups in total. The molecule has 0 bridgehead atoms. The smallest absolute Gasteiger partial charge is 0.211 e. The summed E-state index contributed by atoms with van der Waals surface area (Å²) in [4.78, 5) is 2.56. The number of rotatable bonds is 6. The van der Waals surface area contributed by atoms with Gasteiger partial charge in [-0.25, -0.2) is 13.1 Å². The number of nitrogens with zero attached hydrogens (tertiary/aromatic N) is 3. The van der Waals surface area contributed by atoms with E-state index in [1.54, 1.807) is 0 Å². The van der Waals surface area contributed by atoms with Crippen LogP contribution in [0.1, 0.15) is 32.1 Å². The van der Waals surface area contributed by atoms with Crippen molar-refractivity contribution in [2.45, 2.75) is 32.1 Å². The summed E-state index contributed by atoms with van der Waals surface area (Å²) in [7, 11) is -3.19. The third-order valence-electron chi connectivity index (χ3n) is 2.78. The van der Waals surface area contributed by atoms with Crippen molar-refractivity contribution in [1.29, 1.82) is 0 Å². The molecule has 0 atom stereocenters. The van der Waals surface area contributed by atoms with Gasteiger partial charge in [0, 0.05) is 18.0 Å². The maximum Gasteiger partial charge on any atom is 0.211 e. The molecule has 0 amide bonds. The lowest BCUT2D eigenvalue weighted by Crippen LogP contribution is -2.32. The molecule has 0 spiro atoms. The molecule has 0 aromatic heterocycles. The van der Waals surface area contributed by atoms with Crippen LogP contribution >= 0.6 is 0 Å². The molecular formula is C9H18N4O2S. The third-order valence-corrected chi connectivity index (χ3v) is 4.33. The molecule has 6 nitrogen and oxygen atoms in total. The monoisotopic (exact) mass is 246 g/mol. The molecule has 0 unspecified atom stereocenters.